The Balaban J connectivity index is 2.03. The third-order valence-electron chi connectivity index (χ3n) is 5.17. The molecule has 0 atom stereocenters. The van der Waals surface area contributed by atoms with Gasteiger partial charge in [-0.25, -0.2) is 4.39 Å². The summed E-state index contributed by atoms with van der Waals surface area (Å²) >= 11 is 0. The lowest BCUT2D eigenvalue weighted by Crippen LogP contribution is -2.41. The molecule has 25 heavy (non-hydrogen) atoms. The van der Waals surface area contributed by atoms with Crippen LogP contribution in [0.5, 0.6) is 0 Å². The smallest absolute Gasteiger partial charge is 0.399 e. The minimum absolute atomic E-state index is 0.282. The topological polar surface area (TPSA) is 44.5 Å². The molecule has 1 aromatic heterocycles. The van der Waals surface area contributed by atoms with Gasteiger partial charge in [-0.1, -0.05) is 18.5 Å². The summed E-state index contributed by atoms with van der Waals surface area (Å²) in [7, 11) is -0.553. The van der Waals surface area contributed by atoms with Crippen LogP contribution in [0.1, 0.15) is 53.2 Å². The fourth-order valence-corrected chi connectivity index (χ4v) is 2.87. The first-order chi connectivity index (χ1) is 11.7. The molecule has 2 aromatic rings. The van der Waals surface area contributed by atoms with E-state index in [4.69, 9.17) is 13.8 Å². The zero-order chi connectivity index (χ0) is 18.2. The first-order valence-corrected chi connectivity index (χ1v) is 8.85. The minimum atomic E-state index is -0.553. The summed E-state index contributed by atoms with van der Waals surface area (Å²) in [5, 5.41) is 4.25. The van der Waals surface area contributed by atoms with E-state index in [-0.39, 0.29) is 5.82 Å². The molecule has 0 unspecified atom stereocenters. The molecule has 4 nitrogen and oxygen atoms in total. The van der Waals surface area contributed by atoms with E-state index in [0.29, 0.717) is 5.69 Å². The maximum atomic E-state index is 13.3. The lowest BCUT2D eigenvalue weighted by molar-refractivity contribution is 0.00578. The standard InChI is InChI=1S/C19H25BFNO3/c1-6-7-8-15-16(20-24-18(2,3)19(4,5)25-20)17(22-23-15)13-9-11-14(21)12-10-13/h9-12H,6-8H2,1-5H3. The zero-order valence-electron chi connectivity index (χ0n) is 15.6. The molecular weight excluding hydrogens is 320 g/mol. The van der Waals surface area contributed by atoms with Crippen molar-refractivity contribution in [1.29, 1.82) is 0 Å². The molecular formula is C19H25BFNO3. The molecule has 0 spiro atoms. The van der Waals surface area contributed by atoms with Gasteiger partial charge >= 0.3 is 7.12 Å². The van der Waals surface area contributed by atoms with Crippen LogP contribution in [0.2, 0.25) is 0 Å². The Bertz CT molecular complexity index is 724. The van der Waals surface area contributed by atoms with Crippen LogP contribution < -0.4 is 5.46 Å². The zero-order valence-corrected chi connectivity index (χ0v) is 15.6. The Hall–Kier alpha value is -1.66. The molecule has 134 valence electrons. The van der Waals surface area contributed by atoms with Gasteiger partial charge in [0, 0.05) is 12.0 Å². The van der Waals surface area contributed by atoms with Crippen LogP contribution in [-0.4, -0.2) is 23.5 Å². The Kier molecular flexibility index (Phi) is 4.77. The van der Waals surface area contributed by atoms with E-state index in [9.17, 15) is 4.39 Å². The van der Waals surface area contributed by atoms with Crippen molar-refractivity contribution in [3.8, 4) is 11.3 Å². The highest BCUT2D eigenvalue weighted by Crippen LogP contribution is 2.37. The monoisotopic (exact) mass is 345 g/mol. The molecule has 1 fully saturated rings. The average Bonchev–Trinajstić information content (AvgIpc) is 3.04. The summed E-state index contributed by atoms with van der Waals surface area (Å²) in [6.45, 7) is 10.2. The lowest BCUT2D eigenvalue weighted by atomic mass is 9.75. The van der Waals surface area contributed by atoms with Gasteiger partial charge in [0.1, 0.15) is 17.3 Å². The molecule has 1 aliphatic rings. The molecule has 0 aliphatic carbocycles. The molecule has 3 rings (SSSR count). The molecule has 1 saturated heterocycles. The van der Waals surface area contributed by atoms with Crippen molar-refractivity contribution in [2.75, 3.05) is 0 Å². The van der Waals surface area contributed by atoms with E-state index in [1.807, 2.05) is 27.7 Å². The van der Waals surface area contributed by atoms with Gasteiger partial charge in [0.25, 0.3) is 0 Å². The molecule has 0 radical (unpaired) electrons. The van der Waals surface area contributed by atoms with Crippen LogP contribution in [0.15, 0.2) is 28.8 Å². The van der Waals surface area contributed by atoms with Gasteiger partial charge < -0.3 is 13.8 Å². The van der Waals surface area contributed by atoms with E-state index in [2.05, 4.69) is 12.1 Å². The SMILES string of the molecule is CCCCc1onc(-c2ccc(F)cc2)c1B1OC(C)(C)C(C)(C)O1. The molecule has 6 heteroatoms. The van der Waals surface area contributed by atoms with E-state index in [0.717, 1.165) is 36.0 Å². The summed E-state index contributed by atoms with van der Waals surface area (Å²) in [6, 6.07) is 6.24. The number of benzene rings is 1. The maximum Gasteiger partial charge on any atom is 0.500 e. The van der Waals surface area contributed by atoms with E-state index in [1.165, 1.54) is 12.1 Å². The second-order valence-corrected chi connectivity index (χ2v) is 7.57. The number of halogens is 1. The van der Waals surface area contributed by atoms with E-state index >= 15 is 0 Å². The highest BCUT2D eigenvalue weighted by molar-refractivity contribution is 6.64. The summed E-state index contributed by atoms with van der Waals surface area (Å²) < 4.78 is 31.4. The Morgan fingerprint density at radius 1 is 1.04 bits per heavy atom. The first-order valence-electron chi connectivity index (χ1n) is 8.85. The Labute approximate surface area is 148 Å². The normalized spacial score (nSPS) is 18.7. The fourth-order valence-electron chi connectivity index (χ4n) is 2.87. The molecule has 1 aliphatic heterocycles. The third-order valence-corrected chi connectivity index (χ3v) is 5.17. The lowest BCUT2D eigenvalue weighted by Gasteiger charge is -2.32. The number of hydrogen-bond acceptors (Lipinski definition) is 4. The predicted octanol–water partition coefficient (Wildman–Crippen LogP) is 4.12. The van der Waals surface area contributed by atoms with E-state index in [1.54, 1.807) is 12.1 Å². The van der Waals surface area contributed by atoms with Gasteiger partial charge in [0.2, 0.25) is 0 Å². The van der Waals surface area contributed by atoms with Crippen LogP contribution in [-0.2, 0) is 15.7 Å². The van der Waals surface area contributed by atoms with Gasteiger partial charge in [-0.15, -0.1) is 0 Å². The summed E-state index contributed by atoms with van der Waals surface area (Å²) in [5.74, 6) is 0.496. The van der Waals surface area contributed by atoms with Crippen molar-refractivity contribution < 1.29 is 18.2 Å². The highest BCUT2D eigenvalue weighted by atomic mass is 19.1. The number of nitrogens with zero attached hydrogens (tertiary/aromatic N) is 1. The van der Waals surface area contributed by atoms with Gasteiger partial charge in [-0.05, 0) is 58.4 Å². The van der Waals surface area contributed by atoms with Crippen molar-refractivity contribution in [3.05, 3.63) is 35.8 Å². The van der Waals surface area contributed by atoms with Crippen LogP contribution >= 0.6 is 0 Å². The molecule has 0 bridgehead atoms. The van der Waals surface area contributed by atoms with Crippen LogP contribution in [0.3, 0.4) is 0 Å². The van der Waals surface area contributed by atoms with Crippen molar-refractivity contribution in [1.82, 2.24) is 5.16 Å². The van der Waals surface area contributed by atoms with Gasteiger partial charge in [0.05, 0.1) is 16.7 Å². The molecule has 0 amide bonds. The number of aryl methyl sites for hydroxylation is 1. The van der Waals surface area contributed by atoms with Crippen molar-refractivity contribution in [3.63, 3.8) is 0 Å². The number of aromatic nitrogens is 1. The summed E-state index contributed by atoms with van der Waals surface area (Å²) in [6.07, 6.45) is 2.81. The number of rotatable bonds is 5. The Morgan fingerprint density at radius 2 is 1.64 bits per heavy atom. The second-order valence-electron chi connectivity index (χ2n) is 7.57. The van der Waals surface area contributed by atoms with Crippen LogP contribution in [0, 0.1) is 5.82 Å². The quantitative estimate of drug-likeness (QED) is 0.765. The average molecular weight is 345 g/mol. The number of hydrogen-bond donors (Lipinski definition) is 0. The predicted molar refractivity (Wildman–Crippen MR) is 96.2 cm³/mol. The summed E-state index contributed by atoms with van der Waals surface area (Å²) in [5.41, 5.74) is 1.37. The second kappa shape index (κ2) is 6.58. The molecule has 2 heterocycles. The number of unbranched alkanes of at least 4 members (excludes halogenated alkanes) is 1. The van der Waals surface area contributed by atoms with E-state index < -0.39 is 18.3 Å². The minimum Gasteiger partial charge on any atom is -0.399 e. The van der Waals surface area contributed by atoms with Crippen molar-refractivity contribution in [2.24, 2.45) is 0 Å². The molecule has 0 N–H and O–H groups in total. The largest absolute Gasteiger partial charge is 0.500 e. The van der Waals surface area contributed by atoms with Gasteiger partial charge in [0.15, 0.2) is 0 Å². The summed E-state index contributed by atoms with van der Waals surface area (Å²) in [4.78, 5) is 0. The van der Waals surface area contributed by atoms with Crippen LogP contribution in [0.25, 0.3) is 11.3 Å². The first kappa shape index (κ1) is 18.1. The third kappa shape index (κ3) is 3.38. The molecule has 1 aromatic carbocycles. The van der Waals surface area contributed by atoms with Crippen molar-refractivity contribution in [2.45, 2.75) is 65.1 Å². The molecule has 0 saturated carbocycles. The highest BCUT2D eigenvalue weighted by Gasteiger charge is 2.53. The van der Waals surface area contributed by atoms with Crippen molar-refractivity contribution >= 4 is 12.6 Å². The van der Waals surface area contributed by atoms with Gasteiger partial charge in [-0.2, -0.15) is 0 Å². The fraction of sp³-hybridized carbons (Fsp3) is 0.526. The van der Waals surface area contributed by atoms with Crippen LogP contribution in [0.4, 0.5) is 4.39 Å². The maximum absolute atomic E-state index is 13.3. The van der Waals surface area contributed by atoms with Gasteiger partial charge in [-0.3, -0.25) is 0 Å². The Morgan fingerprint density at radius 3 is 2.20 bits per heavy atom.